The van der Waals surface area contributed by atoms with Gasteiger partial charge in [0.2, 0.25) is 0 Å². The van der Waals surface area contributed by atoms with Gasteiger partial charge < -0.3 is 14.4 Å². The fourth-order valence-corrected chi connectivity index (χ4v) is 4.95. The number of hydrogen-bond donors (Lipinski definition) is 2. The van der Waals surface area contributed by atoms with E-state index in [0.29, 0.717) is 16.7 Å². The van der Waals surface area contributed by atoms with Crippen molar-refractivity contribution in [2.24, 2.45) is 0 Å². The average Bonchev–Trinajstić information content (AvgIpc) is 3.59. The number of benzene rings is 2. The maximum atomic E-state index is 11.5. The number of aromatic nitrogens is 2. The molecule has 6 nitrogen and oxygen atoms in total. The third-order valence-electron chi connectivity index (χ3n) is 5.64. The van der Waals surface area contributed by atoms with Crippen LogP contribution in [0.5, 0.6) is 0 Å². The Labute approximate surface area is 200 Å². The number of carboxylic acid groups (broad SMARTS) is 1. The number of carbonyl (C=O) groups is 1. The van der Waals surface area contributed by atoms with E-state index in [2.05, 4.69) is 14.9 Å². The van der Waals surface area contributed by atoms with E-state index in [4.69, 9.17) is 16.1 Å². The molecule has 1 saturated carbocycles. The van der Waals surface area contributed by atoms with Crippen LogP contribution in [0.25, 0.3) is 22.4 Å². The summed E-state index contributed by atoms with van der Waals surface area (Å²) in [4.78, 5) is 16.9. The summed E-state index contributed by atoms with van der Waals surface area (Å²) in [6, 6.07) is 14.9. The zero-order valence-electron chi connectivity index (χ0n) is 17.7. The Hall–Kier alpha value is -3.29. The van der Waals surface area contributed by atoms with Crippen LogP contribution in [-0.2, 0) is 0 Å². The number of anilines is 1. The minimum absolute atomic E-state index is 0.269. The lowest BCUT2D eigenvalue weighted by Gasteiger charge is -2.16. The Morgan fingerprint density at radius 3 is 2.67 bits per heavy atom. The summed E-state index contributed by atoms with van der Waals surface area (Å²) >= 11 is 8.07. The highest BCUT2D eigenvalue weighted by Gasteiger charge is 2.27. The third-order valence-corrected chi connectivity index (χ3v) is 6.85. The molecule has 33 heavy (non-hydrogen) atoms. The van der Waals surface area contributed by atoms with E-state index in [1.165, 1.54) is 17.5 Å². The molecule has 1 aliphatic carbocycles. The van der Waals surface area contributed by atoms with Gasteiger partial charge in [0.05, 0.1) is 23.1 Å². The molecule has 0 amide bonds. The summed E-state index contributed by atoms with van der Waals surface area (Å²) in [6.07, 6.45) is 5.63. The van der Waals surface area contributed by atoms with Crippen LogP contribution in [-0.4, -0.2) is 21.2 Å². The number of aromatic carboxylic acids is 1. The molecule has 0 saturated heterocycles. The van der Waals surface area contributed by atoms with Crippen molar-refractivity contribution < 1.29 is 14.4 Å². The minimum atomic E-state index is -0.940. The van der Waals surface area contributed by atoms with Crippen LogP contribution in [0.1, 0.15) is 40.4 Å². The largest absolute Gasteiger partial charge is 0.478 e. The van der Waals surface area contributed by atoms with Crippen molar-refractivity contribution in [2.45, 2.75) is 30.6 Å². The highest BCUT2D eigenvalue weighted by Crippen LogP contribution is 2.45. The first-order valence-electron chi connectivity index (χ1n) is 10.5. The van der Waals surface area contributed by atoms with Gasteiger partial charge in [0.1, 0.15) is 5.76 Å². The molecule has 8 heteroatoms. The zero-order chi connectivity index (χ0) is 22.9. The van der Waals surface area contributed by atoms with Gasteiger partial charge in [-0.15, -0.1) is 0 Å². The minimum Gasteiger partial charge on any atom is -0.478 e. The van der Waals surface area contributed by atoms with Gasteiger partial charge in [-0.05, 0) is 79.6 Å². The van der Waals surface area contributed by atoms with Crippen LogP contribution in [0.15, 0.2) is 70.3 Å². The van der Waals surface area contributed by atoms with E-state index in [0.717, 1.165) is 45.8 Å². The van der Waals surface area contributed by atoms with E-state index >= 15 is 0 Å². The molecule has 0 spiro atoms. The predicted octanol–water partition coefficient (Wildman–Crippen LogP) is 7.06. The number of rotatable bonds is 7. The van der Waals surface area contributed by atoms with E-state index < -0.39 is 5.97 Å². The second-order valence-corrected chi connectivity index (χ2v) is 9.18. The Morgan fingerprint density at radius 2 is 2.00 bits per heavy atom. The Kier molecular flexibility index (Phi) is 5.83. The van der Waals surface area contributed by atoms with E-state index in [9.17, 15) is 9.90 Å². The second kappa shape index (κ2) is 8.92. The van der Waals surface area contributed by atoms with Crippen molar-refractivity contribution in [3.63, 3.8) is 0 Å². The van der Waals surface area contributed by atoms with Crippen LogP contribution < -0.4 is 4.72 Å². The topological polar surface area (TPSA) is 88.2 Å². The normalized spacial score (nSPS) is 13.2. The lowest BCUT2D eigenvalue weighted by molar-refractivity contribution is 0.0696. The molecule has 1 fully saturated rings. The van der Waals surface area contributed by atoms with Gasteiger partial charge >= 0.3 is 5.97 Å². The molecule has 0 atom stereocenters. The van der Waals surface area contributed by atoms with Crippen molar-refractivity contribution in [3.8, 4) is 22.4 Å². The van der Waals surface area contributed by atoms with Gasteiger partial charge in [0.25, 0.3) is 0 Å². The lowest BCUT2D eigenvalue weighted by Crippen LogP contribution is -2.00. The first kappa shape index (κ1) is 21.6. The number of nitrogens with zero attached hydrogens (tertiary/aromatic N) is 2. The Morgan fingerprint density at radius 1 is 1.15 bits per heavy atom. The quantitative estimate of drug-likeness (QED) is 0.275. The molecule has 0 radical (unpaired) electrons. The molecule has 166 valence electrons. The summed E-state index contributed by atoms with van der Waals surface area (Å²) in [5, 5.41) is 13.9. The number of hydrogen-bond acceptors (Lipinski definition) is 6. The van der Waals surface area contributed by atoms with E-state index in [1.807, 2.05) is 43.3 Å². The highest BCUT2D eigenvalue weighted by atomic mass is 35.5. The van der Waals surface area contributed by atoms with Crippen LogP contribution >= 0.6 is 23.5 Å². The molecule has 4 aromatic rings. The summed E-state index contributed by atoms with van der Waals surface area (Å²) in [5.41, 5.74) is 5.46. The van der Waals surface area contributed by atoms with Crippen molar-refractivity contribution in [3.05, 3.63) is 82.8 Å². The Balaban J connectivity index is 1.56. The standard InChI is InChI=1S/C25H20ClN3O3S/c1-14-20(13-28-32-14)18-12-23(19(11-21(18)26)22-4-2-3-9-27-22)29-33-24-10-16(25(30)31)7-8-17(24)15-5-6-15/h2-4,7-13,15,29H,5-6H2,1H3,(H,30,31). The summed E-state index contributed by atoms with van der Waals surface area (Å²) in [7, 11) is 0. The fraction of sp³-hybridized carbons (Fsp3) is 0.160. The van der Waals surface area contributed by atoms with Gasteiger partial charge in [0, 0.05) is 32.8 Å². The summed E-state index contributed by atoms with van der Waals surface area (Å²) in [6.45, 7) is 1.84. The van der Waals surface area contributed by atoms with Crippen molar-refractivity contribution in [2.75, 3.05) is 4.72 Å². The molecule has 2 aromatic heterocycles. The molecule has 2 aromatic carbocycles. The van der Waals surface area contributed by atoms with Gasteiger partial charge in [-0.3, -0.25) is 4.98 Å². The summed E-state index contributed by atoms with van der Waals surface area (Å²) < 4.78 is 8.68. The monoisotopic (exact) mass is 477 g/mol. The van der Waals surface area contributed by atoms with E-state index in [1.54, 1.807) is 24.5 Å². The SMILES string of the molecule is Cc1oncc1-c1cc(NSc2cc(C(=O)O)ccc2C2CC2)c(-c2ccccn2)cc1Cl. The lowest BCUT2D eigenvalue weighted by atomic mass is 10.0. The molecule has 0 unspecified atom stereocenters. The van der Waals surface area contributed by atoms with Crippen LogP contribution in [0, 0.1) is 6.92 Å². The van der Waals surface area contributed by atoms with Gasteiger partial charge in [-0.25, -0.2) is 4.79 Å². The molecule has 2 heterocycles. The van der Waals surface area contributed by atoms with Gasteiger partial charge in [-0.1, -0.05) is 28.9 Å². The molecule has 1 aliphatic rings. The molecule has 0 aliphatic heterocycles. The number of halogens is 1. The summed E-state index contributed by atoms with van der Waals surface area (Å²) in [5.74, 6) is 0.212. The first-order valence-corrected chi connectivity index (χ1v) is 11.7. The fourth-order valence-electron chi connectivity index (χ4n) is 3.75. The van der Waals surface area contributed by atoms with Crippen molar-refractivity contribution >= 4 is 35.2 Å². The van der Waals surface area contributed by atoms with Gasteiger partial charge in [-0.2, -0.15) is 0 Å². The predicted molar refractivity (Wildman–Crippen MR) is 130 cm³/mol. The van der Waals surface area contributed by atoms with Crippen molar-refractivity contribution in [1.82, 2.24) is 10.1 Å². The maximum Gasteiger partial charge on any atom is 0.335 e. The molecule has 2 N–H and O–H groups in total. The average molecular weight is 478 g/mol. The van der Waals surface area contributed by atoms with Crippen LogP contribution in [0.2, 0.25) is 5.02 Å². The molecular formula is C25H20ClN3O3S. The Bertz CT molecular complexity index is 1340. The molecule has 0 bridgehead atoms. The maximum absolute atomic E-state index is 11.5. The highest BCUT2D eigenvalue weighted by molar-refractivity contribution is 8.00. The number of pyridine rings is 1. The van der Waals surface area contributed by atoms with Crippen LogP contribution in [0.4, 0.5) is 5.69 Å². The van der Waals surface area contributed by atoms with Crippen molar-refractivity contribution in [1.29, 1.82) is 0 Å². The number of carboxylic acids is 1. The van der Waals surface area contributed by atoms with Crippen LogP contribution in [0.3, 0.4) is 0 Å². The van der Waals surface area contributed by atoms with E-state index in [-0.39, 0.29) is 5.56 Å². The second-order valence-electron chi connectivity index (χ2n) is 7.92. The third kappa shape index (κ3) is 4.47. The molecular weight excluding hydrogens is 458 g/mol. The zero-order valence-corrected chi connectivity index (χ0v) is 19.3. The smallest absolute Gasteiger partial charge is 0.335 e. The number of nitrogens with one attached hydrogen (secondary N) is 1. The number of aryl methyl sites for hydroxylation is 1. The van der Waals surface area contributed by atoms with Gasteiger partial charge in [0.15, 0.2) is 0 Å². The molecule has 5 rings (SSSR count). The first-order chi connectivity index (χ1) is 16.0.